The molecule has 92 heavy (non-hydrogen) atoms. The van der Waals surface area contributed by atoms with Gasteiger partial charge in [-0.25, -0.2) is 4.79 Å². The SMILES string of the molecule is C.C.CC(C)(C)OC(=O)N1CCc2[nH]ncc2C1.Cl.FC(F)(F)c1ccccc1C1CCNCC1.O=C(c1n[nH]c2c1CCCC2)N1CCC(c2ccccc2C(F)(F)F)CC1.O=C(c1n[nH]c2c1CCCC2)N1CCC(c2ccccc2C(F)(F)F)CC1.O=C=O. The van der Waals surface area contributed by atoms with E-state index < -0.39 is 40.8 Å². The van der Waals surface area contributed by atoms with Crippen molar-refractivity contribution in [3.8, 4) is 0 Å². The van der Waals surface area contributed by atoms with E-state index in [1.54, 1.807) is 57.3 Å². The molecular formula is C66H84ClF9N10O6. The van der Waals surface area contributed by atoms with E-state index in [-0.39, 0.29) is 69.1 Å². The number of likely N-dealkylation sites (tertiary alicyclic amines) is 2. The minimum Gasteiger partial charge on any atom is -0.444 e. The third-order valence-corrected chi connectivity index (χ3v) is 17.0. The first kappa shape index (κ1) is 75.2. The van der Waals surface area contributed by atoms with E-state index in [4.69, 9.17) is 14.3 Å². The van der Waals surface area contributed by atoms with Gasteiger partial charge in [0, 0.05) is 72.9 Å². The number of carbonyl (C=O) groups excluding carboxylic acids is 5. The largest absolute Gasteiger partial charge is 0.444 e. The Hall–Kier alpha value is -7.50. The third-order valence-electron chi connectivity index (χ3n) is 17.0. The number of alkyl halides is 9. The molecule has 0 bridgehead atoms. The summed E-state index contributed by atoms with van der Waals surface area (Å²) in [5, 5.41) is 24.5. The van der Waals surface area contributed by atoms with Crippen LogP contribution in [0, 0.1) is 0 Å². The van der Waals surface area contributed by atoms with E-state index >= 15 is 0 Å². The van der Waals surface area contributed by atoms with Crippen LogP contribution in [0.2, 0.25) is 0 Å². The van der Waals surface area contributed by atoms with E-state index in [1.165, 1.54) is 24.3 Å². The van der Waals surface area contributed by atoms with Gasteiger partial charge in [0.05, 0.1) is 29.4 Å². The van der Waals surface area contributed by atoms with Crippen LogP contribution in [-0.2, 0) is 71.5 Å². The highest BCUT2D eigenvalue weighted by Crippen LogP contribution is 2.42. The standard InChI is InChI=1S/2C20H22F3N3O.C12H14F3N.C11H17N3O2.CO2.2CH4.ClH/c2*21-20(22,23)16-7-3-1-5-14(16)13-9-11-26(12-10-13)19(27)18-15-6-2-4-8-17(15)24-25-18;13-12(14,15)11-4-2-1-3-10(11)9-5-7-16-8-6-9;1-11(2,3)16-10(15)14-5-4-9-8(7-14)6-12-13-9;2-1-3;;;/h2*1,3,5,7,13H,2,4,6,8-12H2,(H,24,25);1-4,9,16H,5-8H2;6H,4-5,7H2,1-3H3,(H,12,13);;2*1H4;1H. The highest BCUT2D eigenvalue weighted by Gasteiger charge is 2.40. The zero-order chi connectivity index (χ0) is 64.1. The fourth-order valence-corrected chi connectivity index (χ4v) is 12.6. The fourth-order valence-electron chi connectivity index (χ4n) is 12.6. The number of rotatable bonds is 5. The third kappa shape index (κ3) is 19.5. The lowest BCUT2D eigenvalue weighted by molar-refractivity contribution is -0.191. The summed E-state index contributed by atoms with van der Waals surface area (Å²) in [5.74, 6) is -0.520. The first-order valence-corrected chi connectivity index (χ1v) is 30.2. The van der Waals surface area contributed by atoms with Crippen LogP contribution in [0.3, 0.4) is 0 Å². The number of fused-ring (bicyclic) bond motifs is 3. The lowest BCUT2D eigenvalue weighted by Crippen LogP contribution is -2.39. The molecule has 0 atom stereocenters. The first-order valence-electron chi connectivity index (χ1n) is 30.2. The monoisotopic (exact) mass is 1320 g/mol. The zero-order valence-electron chi connectivity index (χ0n) is 50.4. The Morgan fingerprint density at radius 2 is 0.880 bits per heavy atom. The van der Waals surface area contributed by atoms with Gasteiger partial charge in [-0.3, -0.25) is 24.9 Å². The molecule has 3 fully saturated rings. The number of hydrogen-bond donors (Lipinski definition) is 4. The van der Waals surface area contributed by atoms with Gasteiger partial charge in [0.2, 0.25) is 0 Å². The van der Waals surface area contributed by atoms with Crippen molar-refractivity contribution in [1.29, 1.82) is 0 Å². The highest BCUT2D eigenvalue weighted by atomic mass is 35.5. The maximum absolute atomic E-state index is 13.3. The first-order chi connectivity index (χ1) is 42.4. The Labute approximate surface area is 537 Å². The van der Waals surface area contributed by atoms with Crippen molar-refractivity contribution in [3.63, 3.8) is 0 Å². The Balaban J connectivity index is 0.000000223. The second-order valence-electron chi connectivity index (χ2n) is 24.0. The summed E-state index contributed by atoms with van der Waals surface area (Å²) >= 11 is 0. The van der Waals surface area contributed by atoms with Gasteiger partial charge in [-0.1, -0.05) is 69.5 Å². The number of ether oxygens (including phenoxy) is 1. The molecule has 0 spiro atoms. The van der Waals surface area contributed by atoms with Crippen molar-refractivity contribution in [1.82, 2.24) is 50.6 Å². The molecule has 7 heterocycles. The number of nitrogens with zero attached hydrogens (tertiary/aromatic N) is 6. The van der Waals surface area contributed by atoms with E-state index in [2.05, 4.69) is 35.9 Å². The number of carbonyl (C=O) groups is 3. The molecule has 3 saturated heterocycles. The molecule has 12 rings (SSSR count). The van der Waals surface area contributed by atoms with Crippen molar-refractivity contribution >= 4 is 36.5 Å². The van der Waals surface area contributed by atoms with Crippen LogP contribution in [0.15, 0.2) is 79.0 Å². The summed E-state index contributed by atoms with van der Waals surface area (Å²) < 4.78 is 123. The van der Waals surface area contributed by atoms with Crippen molar-refractivity contribution in [2.45, 2.75) is 180 Å². The molecule has 4 aliphatic heterocycles. The van der Waals surface area contributed by atoms with E-state index in [1.807, 2.05) is 20.8 Å². The van der Waals surface area contributed by atoms with Crippen LogP contribution in [-0.4, -0.2) is 121 Å². The second-order valence-corrected chi connectivity index (χ2v) is 24.0. The molecule has 0 radical (unpaired) electrons. The summed E-state index contributed by atoms with van der Waals surface area (Å²) in [7, 11) is 0. The van der Waals surface area contributed by atoms with Gasteiger partial charge in [-0.15, -0.1) is 12.4 Å². The Morgan fingerprint density at radius 3 is 1.26 bits per heavy atom. The molecule has 0 unspecified atom stereocenters. The number of aryl methyl sites for hydroxylation is 2. The van der Waals surface area contributed by atoms with Crippen LogP contribution in [0.5, 0.6) is 0 Å². The number of amides is 3. The van der Waals surface area contributed by atoms with Crippen LogP contribution < -0.4 is 5.32 Å². The van der Waals surface area contributed by atoms with Gasteiger partial charge >= 0.3 is 30.8 Å². The number of hydrogen-bond acceptors (Lipinski definition) is 10. The predicted octanol–water partition coefficient (Wildman–Crippen LogP) is 14.6. The maximum Gasteiger partial charge on any atom is 0.416 e. The quantitative estimate of drug-likeness (QED) is 0.120. The van der Waals surface area contributed by atoms with E-state index in [0.29, 0.717) is 93.0 Å². The minimum atomic E-state index is -4.35. The number of halogens is 10. The smallest absolute Gasteiger partial charge is 0.416 e. The average Bonchev–Trinajstić information content (AvgIpc) is 0.991. The number of benzene rings is 3. The molecule has 3 amide bonds. The highest BCUT2D eigenvalue weighted by molar-refractivity contribution is 5.94. The Morgan fingerprint density at radius 1 is 0.511 bits per heavy atom. The zero-order valence-corrected chi connectivity index (χ0v) is 51.3. The Kier molecular flexibility index (Phi) is 27.3. The van der Waals surface area contributed by atoms with Gasteiger partial charge < -0.3 is 24.8 Å². The van der Waals surface area contributed by atoms with E-state index in [9.17, 15) is 53.9 Å². The molecule has 2 aliphatic carbocycles. The van der Waals surface area contributed by atoms with Gasteiger partial charge in [-0.05, 0) is 176 Å². The average molecular weight is 1320 g/mol. The molecule has 504 valence electrons. The van der Waals surface area contributed by atoms with Crippen molar-refractivity contribution in [3.05, 3.63) is 158 Å². The van der Waals surface area contributed by atoms with Crippen LogP contribution in [0.4, 0.5) is 44.3 Å². The van der Waals surface area contributed by atoms with Crippen molar-refractivity contribution < 1.29 is 68.2 Å². The fraction of sp³-hybridized carbons (Fsp3) is 0.530. The maximum atomic E-state index is 13.3. The summed E-state index contributed by atoms with van der Waals surface area (Å²) in [6, 6.07) is 17.5. The molecule has 0 saturated carbocycles. The van der Waals surface area contributed by atoms with Gasteiger partial charge in [0.1, 0.15) is 5.60 Å². The summed E-state index contributed by atoms with van der Waals surface area (Å²) in [6.07, 6.45) is 1.25. The lowest BCUT2D eigenvalue weighted by Gasteiger charge is -2.33. The molecule has 26 heteroatoms. The molecule has 16 nitrogen and oxygen atoms in total. The molecule has 4 N–H and O–H groups in total. The number of piperidine rings is 3. The van der Waals surface area contributed by atoms with Crippen LogP contribution >= 0.6 is 12.4 Å². The number of H-pyrrole nitrogens is 3. The topological polar surface area (TPSA) is 202 Å². The molecule has 6 aliphatic rings. The van der Waals surface area contributed by atoms with Gasteiger partial charge in [0.25, 0.3) is 11.8 Å². The number of nitrogens with one attached hydrogen (secondary N) is 4. The van der Waals surface area contributed by atoms with Crippen LogP contribution in [0.25, 0.3) is 0 Å². The molecular weight excluding hydrogens is 1240 g/mol. The summed E-state index contributed by atoms with van der Waals surface area (Å²) in [5.41, 5.74) is 6.47. The summed E-state index contributed by atoms with van der Waals surface area (Å²) in [4.78, 5) is 59.0. The van der Waals surface area contributed by atoms with Crippen molar-refractivity contribution in [2.24, 2.45) is 0 Å². The molecule has 6 aromatic rings. The minimum absolute atomic E-state index is 0. The number of aromatic amines is 3. The van der Waals surface area contributed by atoms with Gasteiger partial charge in [0.15, 0.2) is 11.4 Å². The Bertz CT molecular complexity index is 3230. The normalized spacial score (nSPS) is 16.9. The number of aromatic nitrogens is 6. The molecule has 3 aromatic carbocycles. The van der Waals surface area contributed by atoms with Gasteiger partial charge in [-0.2, -0.15) is 64.4 Å². The van der Waals surface area contributed by atoms with E-state index in [0.717, 1.165) is 130 Å². The lowest BCUT2D eigenvalue weighted by atomic mass is 9.86. The van der Waals surface area contributed by atoms with Crippen molar-refractivity contribution in [2.75, 3.05) is 45.8 Å². The van der Waals surface area contributed by atoms with Crippen LogP contribution in [0.1, 0.15) is 206 Å². The second kappa shape index (κ2) is 33.4. The summed E-state index contributed by atoms with van der Waals surface area (Å²) in [6.45, 7) is 10.3. The molecule has 3 aromatic heterocycles. The predicted molar refractivity (Wildman–Crippen MR) is 330 cm³/mol.